The second-order valence-electron chi connectivity index (χ2n) is 3.60. The molecule has 0 saturated carbocycles. The molecule has 0 unspecified atom stereocenters. The smallest absolute Gasteiger partial charge is 0.227 e. The first kappa shape index (κ1) is 16.5. The lowest BCUT2D eigenvalue weighted by atomic mass is 10.1. The van der Waals surface area contributed by atoms with Gasteiger partial charge in [-0.05, 0) is 0 Å². The molecule has 1 atom stereocenters. The van der Waals surface area contributed by atoms with Gasteiger partial charge < -0.3 is 0 Å². The molecule has 2 heteroatoms. The lowest BCUT2D eigenvalue weighted by molar-refractivity contribution is -0.601. The van der Waals surface area contributed by atoms with E-state index < -0.39 is 0 Å². The predicted octanol–water partition coefficient (Wildman–Crippen LogP) is 3.52. The summed E-state index contributed by atoms with van der Waals surface area (Å²) < 4.78 is 2.37. The summed E-state index contributed by atoms with van der Waals surface area (Å²) >= 11 is 0. The number of hydrogen-bond acceptors (Lipinski definition) is 1. The minimum Gasteiger partial charge on any atom is -0.227 e. The van der Waals surface area contributed by atoms with Crippen LogP contribution in [0.1, 0.15) is 48.5 Å². The molecular formula is C13H27N2+. The molecular weight excluding hydrogens is 184 g/mol. The van der Waals surface area contributed by atoms with Gasteiger partial charge in [-0.2, -0.15) is 0 Å². The third-order valence-electron chi connectivity index (χ3n) is 2.62. The second kappa shape index (κ2) is 6.54. The summed E-state index contributed by atoms with van der Waals surface area (Å²) in [4.78, 5) is 4.56. The van der Waals surface area contributed by atoms with Crippen molar-refractivity contribution in [1.29, 1.82) is 0 Å². The number of aliphatic imine (C=N–C) groups is 1. The molecule has 0 amide bonds. The lowest BCUT2D eigenvalue weighted by Gasteiger charge is -2.23. The van der Waals surface area contributed by atoms with Gasteiger partial charge >= 0.3 is 0 Å². The average molecular weight is 211 g/mol. The Bertz CT molecular complexity index is 264. The summed E-state index contributed by atoms with van der Waals surface area (Å²) in [5.41, 5.74) is 0.0191. The van der Waals surface area contributed by atoms with Crippen molar-refractivity contribution < 1.29 is 4.58 Å². The zero-order valence-corrected chi connectivity index (χ0v) is 7.53. The minimum absolute atomic E-state index is 0. The number of allylic oxidation sites excluding steroid dienone is 1. The van der Waals surface area contributed by atoms with E-state index in [0.29, 0.717) is 0 Å². The molecule has 0 spiro atoms. The van der Waals surface area contributed by atoms with Crippen molar-refractivity contribution in [1.82, 2.24) is 0 Å². The highest BCUT2D eigenvalue weighted by atomic mass is 15.2. The predicted molar refractivity (Wildman–Crippen MR) is 71.3 cm³/mol. The molecule has 2 aliphatic rings. The van der Waals surface area contributed by atoms with Gasteiger partial charge in [-0.3, -0.25) is 0 Å². The molecule has 2 nitrogen and oxygen atoms in total. The van der Waals surface area contributed by atoms with Crippen LogP contribution < -0.4 is 0 Å². The van der Waals surface area contributed by atoms with Crippen LogP contribution >= 0.6 is 0 Å². The summed E-state index contributed by atoms with van der Waals surface area (Å²) in [6, 6.07) is 0. The molecule has 2 rings (SSSR count). The van der Waals surface area contributed by atoms with Gasteiger partial charge in [-0.1, -0.05) is 34.4 Å². The zero-order valence-electron chi connectivity index (χ0n) is 7.53. The Morgan fingerprint density at radius 2 is 1.93 bits per heavy atom. The Kier molecular flexibility index (Phi) is 7.20. The maximum atomic E-state index is 4.56. The fraction of sp³-hybridized carbons (Fsp3) is 0.692. The molecule has 0 aromatic heterocycles. The summed E-state index contributed by atoms with van der Waals surface area (Å²) in [5.74, 6) is 0. The minimum atomic E-state index is 0. The summed E-state index contributed by atoms with van der Waals surface area (Å²) in [7, 11) is 0. The van der Waals surface area contributed by atoms with E-state index >= 15 is 0 Å². The van der Waals surface area contributed by atoms with E-state index in [-0.39, 0.29) is 27.9 Å². The van der Waals surface area contributed by atoms with E-state index in [9.17, 15) is 0 Å². The van der Waals surface area contributed by atoms with Crippen molar-refractivity contribution in [3.8, 4) is 0 Å². The Hall–Kier alpha value is -0.920. The van der Waals surface area contributed by atoms with Gasteiger partial charge in [0.15, 0.2) is 0 Å². The molecule has 0 fully saturated rings. The highest BCUT2D eigenvalue weighted by Crippen LogP contribution is 2.22. The van der Waals surface area contributed by atoms with Gasteiger partial charge in [0.25, 0.3) is 5.66 Å². The first-order valence-electron chi connectivity index (χ1n) is 4.60. The Morgan fingerprint density at radius 3 is 2.67 bits per heavy atom. The zero-order chi connectivity index (χ0) is 8.44. The third-order valence-corrected chi connectivity index (χ3v) is 2.62. The molecule has 0 N–H and O–H groups in total. The van der Waals surface area contributed by atoms with E-state index in [0.717, 1.165) is 25.8 Å². The summed E-state index contributed by atoms with van der Waals surface area (Å²) in [6.45, 7) is 3.33. The van der Waals surface area contributed by atoms with Crippen LogP contribution in [-0.2, 0) is 0 Å². The van der Waals surface area contributed by atoms with Crippen LogP contribution in [-0.4, -0.2) is 29.2 Å². The highest BCUT2D eigenvalue weighted by molar-refractivity contribution is 5.60. The second-order valence-corrected chi connectivity index (χ2v) is 3.60. The number of fused-ring (bicyclic) bond motifs is 1. The topological polar surface area (TPSA) is 15.4 Å². The molecule has 2 heterocycles. The standard InChI is InChI=1S/C10H15N2.3CH4/c1-10-6-3-2-4-8-12(10)9-5-7-11-10;;;/h2-3,7-8H,4-6,9H2,1H3;3*1H4/q+1;;;/t10-;;;/m1.../s1. The molecule has 0 aromatic rings. The lowest BCUT2D eigenvalue weighted by Crippen LogP contribution is -2.40. The fourth-order valence-corrected chi connectivity index (χ4v) is 1.82. The molecule has 0 aromatic carbocycles. The Balaban J connectivity index is 0. The van der Waals surface area contributed by atoms with Gasteiger partial charge in [-0.15, -0.1) is 0 Å². The van der Waals surface area contributed by atoms with Crippen LogP contribution in [0.3, 0.4) is 0 Å². The molecule has 2 aliphatic heterocycles. The molecule has 15 heavy (non-hydrogen) atoms. The first-order valence-corrected chi connectivity index (χ1v) is 4.60. The van der Waals surface area contributed by atoms with Crippen molar-refractivity contribution in [3.63, 3.8) is 0 Å². The maximum absolute atomic E-state index is 4.56. The number of nitrogens with zero attached hydrogens (tertiary/aromatic N) is 2. The fourth-order valence-electron chi connectivity index (χ4n) is 1.82. The van der Waals surface area contributed by atoms with Crippen molar-refractivity contribution >= 4 is 12.4 Å². The van der Waals surface area contributed by atoms with Crippen LogP contribution in [0, 0.1) is 0 Å². The normalized spacial score (nSPS) is 27.1. The van der Waals surface area contributed by atoms with E-state index in [1.807, 2.05) is 0 Å². The van der Waals surface area contributed by atoms with Crippen LogP contribution in [0.2, 0.25) is 0 Å². The van der Waals surface area contributed by atoms with Crippen molar-refractivity contribution in [3.05, 3.63) is 12.2 Å². The van der Waals surface area contributed by atoms with E-state index in [1.54, 1.807) is 0 Å². The molecule has 0 bridgehead atoms. The van der Waals surface area contributed by atoms with Gasteiger partial charge in [-0.25, -0.2) is 9.57 Å². The third kappa shape index (κ3) is 3.29. The van der Waals surface area contributed by atoms with E-state index in [2.05, 4.69) is 41.1 Å². The van der Waals surface area contributed by atoms with Gasteiger partial charge in [0, 0.05) is 26.0 Å². The van der Waals surface area contributed by atoms with Crippen molar-refractivity contribution in [2.24, 2.45) is 4.99 Å². The van der Waals surface area contributed by atoms with Gasteiger partial charge in [0.2, 0.25) is 0 Å². The van der Waals surface area contributed by atoms with Crippen molar-refractivity contribution in [2.75, 3.05) is 6.54 Å². The van der Waals surface area contributed by atoms with Gasteiger partial charge in [0.1, 0.15) is 12.8 Å². The van der Waals surface area contributed by atoms with Crippen LogP contribution in [0.25, 0.3) is 0 Å². The Labute approximate surface area is 95.4 Å². The number of hydrogen-bond donors (Lipinski definition) is 0. The first-order chi connectivity index (χ1) is 5.81. The highest BCUT2D eigenvalue weighted by Gasteiger charge is 2.35. The SMILES string of the molecule is C.C.C.C[C@]12CC=CCC=[N+]1CCC=N2. The van der Waals surface area contributed by atoms with Crippen molar-refractivity contribution in [2.45, 2.75) is 54.1 Å². The largest absolute Gasteiger partial charge is 0.254 e. The quantitative estimate of drug-likeness (QED) is 0.430. The monoisotopic (exact) mass is 211 g/mol. The molecule has 0 radical (unpaired) electrons. The molecule has 0 aliphatic carbocycles. The maximum Gasteiger partial charge on any atom is 0.254 e. The summed E-state index contributed by atoms with van der Waals surface area (Å²) in [6.07, 6.45) is 12.0. The number of rotatable bonds is 0. The van der Waals surface area contributed by atoms with E-state index in [1.165, 1.54) is 0 Å². The van der Waals surface area contributed by atoms with Gasteiger partial charge in [0.05, 0.1) is 6.42 Å². The van der Waals surface area contributed by atoms with Crippen LogP contribution in [0.5, 0.6) is 0 Å². The van der Waals surface area contributed by atoms with Crippen LogP contribution in [0.15, 0.2) is 17.1 Å². The van der Waals surface area contributed by atoms with Crippen LogP contribution in [0.4, 0.5) is 0 Å². The molecule has 0 saturated heterocycles. The average Bonchev–Trinajstić information content (AvgIpc) is 2.25. The Morgan fingerprint density at radius 1 is 1.20 bits per heavy atom. The van der Waals surface area contributed by atoms with E-state index in [4.69, 9.17) is 0 Å². The molecule has 88 valence electrons. The summed E-state index contributed by atoms with van der Waals surface area (Å²) in [5, 5.41) is 0.